The molecule has 0 spiro atoms. The van der Waals surface area contributed by atoms with Gasteiger partial charge in [-0.25, -0.2) is 4.79 Å². The summed E-state index contributed by atoms with van der Waals surface area (Å²) in [6, 6.07) is 15.8. The van der Waals surface area contributed by atoms with Crippen molar-refractivity contribution < 1.29 is 14.3 Å². The lowest BCUT2D eigenvalue weighted by atomic mass is 9.68. The van der Waals surface area contributed by atoms with Crippen LogP contribution in [0.5, 0.6) is 0 Å². The Kier molecular flexibility index (Phi) is 7.13. The van der Waals surface area contributed by atoms with Gasteiger partial charge < -0.3 is 15.0 Å². The average molecular weight is 479 g/mol. The number of fused-ring (bicyclic) bond motifs is 1. The van der Waals surface area contributed by atoms with Crippen LogP contribution in [0.3, 0.4) is 0 Å². The van der Waals surface area contributed by atoms with E-state index in [-0.39, 0.29) is 11.7 Å². The van der Waals surface area contributed by atoms with Gasteiger partial charge in [0.05, 0.1) is 18.6 Å². The zero-order chi connectivity index (χ0) is 24.4. The highest BCUT2D eigenvalue weighted by Gasteiger charge is 2.45. The number of Topliss-reactive ketones (excluding diaryl/α,β-unsaturated/α-hetero) is 1. The lowest BCUT2D eigenvalue weighted by Crippen LogP contribution is -2.41. The molecular formula is C28H31ClN2O3. The van der Waals surface area contributed by atoms with E-state index in [1.165, 1.54) is 7.11 Å². The molecule has 6 heteroatoms. The molecule has 1 aliphatic carbocycles. The molecule has 0 bridgehead atoms. The first-order chi connectivity index (χ1) is 16.4. The quantitative estimate of drug-likeness (QED) is 0.549. The van der Waals surface area contributed by atoms with E-state index in [9.17, 15) is 9.59 Å². The second kappa shape index (κ2) is 10.1. The summed E-state index contributed by atoms with van der Waals surface area (Å²) in [5.41, 5.74) is 5.02. The third-order valence-electron chi connectivity index (χ3n) is 6.95. The van der Waals surface area contributed by atoms with E-state index < -0.39 is 17.8 Å². The maximum absolute atomic E-state index is 13.6. The number of esters is 1. The molecule has 1 N–H and O–H groups in total. The number of hydrogen-bond acceptors (Lipinski definition) is 5. The number of allylic oxidation sites excluding steroid dienone is 3. The third-order valence-corrected chi connectivity index (χ3v) is 7.30. The zero-order valence-electron chi connectivity index (χ0n) is 20.1. The molecule has 3 unspecified atom stereocenters. The highest BCUT2D eigenvalue weighted by atomic mass is 35.5. The van der Waals surface area contributed by atoms with Gasteiger partial charge in [0, 0.05) is 53.5 Å². The second-order valence-corrected chi connectivity index (χ2v) is 9.20. The smallest absolute Gasteiger partial charge is 0.336 e. The Morgan fingerprint density at radius 3 is 2.38 bits per heavy atom. The normalized spacial score (nSPS) is 22.0. The molecule has 3 atom stereocenters. The van der Waals surface area contributed by atoms with Crippen LogP contribution in [0.4, 0.5) is 5.69 Å². The van der Waals surface area contributed by atoms with E-state index in [1.54, 1.807) is 0 Å². The molecule has 2 aromatic carbocycles. The fourth-order valence-corrected chi connectivity index (χ4v) is 5.55. The van der Waals surface area contributed by atoms with Crippen molar-refractivity contribution in [3.05, 3.63) is 87.7 Å². The minimum Gasteiger partial charge on any atom is -0.466 e. The first-order valence-corrected chi connectivity index (χ1v) is 12.2. The number of nitrogens with one attached hydrogen (secondary N) is 1. The standard InChI is InChI=1S/C28H31ClN2O3/c1-5-31(6-2)20-13-11-18(12-14-20)26-25(28(33)34-4)17(3)30-23-15-19(16-24(32)27(23)26)21-9-7-8-10-22(21)29/h7-15,19,26-27,30H,5-6,16H2,1-4H3. The Morgan fingerprint density at radius 2 is 1.76 bits per heavy atom. The van der Waals surface area contributed by atoms with E-state index in [2.05, 4.69) is 42.3 Å². The maximum atomic E-state index is 13.6. The summed E-state index contributed by atoms with van der Waals surface area (Å²) in [5, 5.41) is 4.00. The Bertz CT molecular complexity index is 1150. The van der Waals surface area contributed by atoms with E-state index in [1.807, 2.05) is 43.3 Å². The summed E-state index contributed by atoms with van der Waals surface area (Å²) in [6.45, 7) is 7.93. The SMILES string of the molecule is CCN(CC)c1ccc(C2C(C(=O)OC)=C(C)NC3=CC(c4ccccc4Cl)CC(=O)C32)cc1. The van der Waals surface area contributed by atoms with Crippen molar-refractivity contribution in [2.24, 2.45) is 5.92 Å². The molecule has 2 aliphatic rings. The fourth-order valence-electron chi connectivity index (χ4n) is 5.27. The number of anilines is 1. The Hall–Kier alpha value is -3.05. The number of nitrogens with zero attached hydrogens (tertiary/aromatic N) is 1. The summed E-state index contributed by atoms with van der Waals surface area (Å²) in [7, 11) is 1.38. The minimum absolute atomic E-state index is 0.0849. The Balaban J connectivity index is 1.80. The lowest BCUT2D eigenvalue weighted by molar-refractivity contribution is -0.136. The van der Waals surface area contributed by atoms with Crippen molar-refractivity contribution in [3.8, 4) is 0 Å². The molecule has 0 fully saturated rings. The summed E-state index contributed by atoms with van der Waals surface area (Å²) < 4.78 is 5.14. The van der Waals surface area contributed by atoms with E-state index in [0.29, 0.717) is 22.7 Å². The number of methoxy groups -OCH3 is 1. The van der Waals surface area contributed by atoms with Crippen LogP contribution >= 0.6 is 11.6 Å². The molecular weight excluding hydrogens is 448 g/mol. The summed E-state index contributed by atoms with van der Waals surface area (Å²) in [4.78, 5) is 28.8. The van der Waals surface area contributed by atoms with Gasteiger partial charge in [-0.2, -0.15) is 0 Å². The van der Waals surface area contributed by atoms with Gasteiger partial charge in [0.1, 0.15) is 5.78 Å². The van der Waals surface area contributed by atoms with Crippen molar-refractivity contribution >= 4 is 29.0 Å². The molecule has 178 valence electrons. The summed E-state index contributed by atoms with van der Waals surface area (Å²) in [5.74, 6) is -1.33. The van der Waals surface area contributed by atoms with Gasteiger partial charge in [0.2, 0.25) is 0 Å². The van der Waals surface area contributed by atoms with E-state index >= 15 is 0 Å². The number of ketones is 1. The molecule has 5 nitrogen and oxygen atoms in total. The zero-order valence-corrected chi connectivity index (χ0v) is 20.9. The minimum atomic E-state index is -0.476. The number of carbonyl (C=O) groups is 2. The summed E-state index contributed by atoms with van der Waals surface area (Å²) >= 11 is 6.45. The van der Waals surface area contributed by atoms with Gasteiger partial charge in [-0.3, -0.25) is 4.79 Å². The molecule has 0 saturated carbocycles. The van der Waals surface area contributed by atoms with Gasteiger partial charge in [-0.15, -0.1) is 0 Å². The highest BCUT2D eigenvalue weighted by molar-refractivity contribution is 6.31. The van der Waals surface area contributed by atoms with Crippen LogP contribution in [0.1, 0.15) is 50.2 Å². The van der Waals surface area contributed by atoms with Crippen LogP contribution < -0.4 is 10.2 Å². The first-order valence-electron chi connectivity index (χ1n) is 11.8. The first kappa shape index (κ1) is 24.1. The monoisotopic (exact) mass is 478 g/mol. The molecule has 2 aromatic rings. The molecule has 0 saturated heterocycles. The third kappa shape index (κ3) is 4.37. The number of ether oxygens (including phenoxy) is 1. The van der Waals surface area contributed by atoms with Crippen LogP contribution in [0, 0.1) is 5.92 Å². The van der Waals surface area contributed by atoms with Crippen molar-refractivity contribution in [3.63, 3.8) is 0 Å². The number of halogens is 1. The molecule has 1 aliphatic heterocycles. The highest BCUT2D eigenvalue weighted by Crippen LogP contribution is 2.47. The maximum Gasteiger partial charge on any atom is 0.336 e. The van der Waals surface area contributed by atoms with Gasteiger partial charge in [0.25, 0.3) is 0 Å². The number of hydrogen-bond donors (Lipinski definition) is 1. The van der Waals surface area contributed by atoms with Crippen LogP contribution in [0.15, 0.2) is 71.6 Å². The van der Waals surface area contributed by atoms with Gasteiger partial charge in [-0.1, -0.05) is 48.0 Å². The molecule has 0 radical (unpaired) electrons. The fraction of sp³-hybridized carbons (Fsp3) is 0.357. The van der Waals surface area contributed by atoms with Gasteiger partial charge in [-0.05, 0) is 50.1 Å². The average Bonchev–Trinajstić information content (AvgIpc) is 2.84. The van der Waals surface area contributed by atoms with Crippen LogP contribution in [-0.4, -0.2) is 32.0 Å². The van der Waals surface area contributed by atoms with Gasteiger partial charge >= 0.3 is 5.97 Å². The molecule has 0 aromatic heterocycles. The van der Waals surface area contributed by atoms with Crippen LogP contribution in [-0.2, 0) is 14.3 Å². The Labute approximate surface area is 206 Å². The predicted octanol–water partition coefficient (Wildman–Crippen LogP) is 5.58. The van der Waals surface area contributed by atoms with E-state index in [4.69, 9.17) is 16.3 Å². The molecule has 4 rings (SSSR count). The summed E-state index contributed by atoms with van der Waals surface area (Å²) in [6.07, 6.45) is 2.43. The largest absolute Gasteiger partial charge is 0.466 e. The molecule has 1 heterocycles. The second-order valence-electron chi connectivity index (χ2n) is 8.79. The lowest BCUT2D eigenvalue weighted by Gasteiger charge is -2.39. The molecule has 0 amide bonds. The number of benzene rings is 2. The van der Waals surface area contributed by atoms with E-state index in [0.717, 1.165) is 35.6 Å². The predicted molar refractivity (Wildman–Crippen MR) is 136 cm³/mol. The van der Waals surface area contributed by atoms with Crippen molar-refractivity contribution in [1.29, 1.82) is 0 Å². The van der Waals surface area contributed by atoms with Crippen LogP contribution in [0.25, 0.3) is 0 Å². The molecule has 34 heavy (non-hydrogen) atoms. The van der Waals surface area contributed by atoms with Crippen molar-refractivity contribution in [2.75, 3.05) is 25.1 Å². The Morgan fingerprint density at radius 1 is 1.09 bits per heavy atom. The van der Waals surface area contributed by atoms with Crippen LogP contribution in [0.2, 0.25) is 5.02 Å². The topological polar surface area (TPSA) is 58.6 Å². The number of rotatable bonds is 6. The van der Waals surface area contributed by atoms with Gasteiger partial charge in [0.15, 0.2) is 0 Å². The van der Waals surface area contributed by atoms with Crippen molar-refractivity contribution in [2.45, 2.75) is 39.0 Å². The van der Waals surface area contributed by atoms with Crippen molar-refractivity contribution in [1.82, 2.24) is 5.32 Å². The number of carbonyl (C=O) groups excluding carboxylic acids is 2.